The Morgan fingerprint density at radius 3 is 2.62 bits per heavy atom. The van der Waals surface area contributed by atoms with Gasteiger partial charge in [-0.15, -0.1) is 0 Å². The molecular formula is C14H19N3O4. The van der Waals surface area contributed by atoms with Crippen molar-refractivity contribution in [3.8, 4) is 0 Å². The molecule has 1 aliphatic carbocycles. The van der Waals surface area contributed by atoms with Gasteiger partial charge in [0, 0.05) is 11.8 Å². The lowest BCUT2D eigenvalue weighted by molar-refractivity contribution is -0.384. The van der Waals surface area contributed by atoms with Crippen LogP contribution >= 0.6 is 0 Å². The van der Waals surface area contributed by atoms with E-state index in [1.165, 1.54) is 6.07 Å². The molecule has 0 aliphatic heterocycles. The van der Waals surface area contributed by atoms with E-state index in [2.05, 4.69) is 17.2 Å². The van der Waals surface area contributed by atoms with E-state index < -0.39 is 16.4 Å². The van der Waals surface area contributed by atoms with Gasteiger partial charge in [-0.05, 0) is 44.6 Å². The molecule has 1 aliphatic rings. The zero-order valence-corrected chi connectivity index (χ0v) is 12.1. The topological polar surface area (TPSA) is 105 Å². The van der Waals surface area contributed by atoms with Gasteiger partial charge in [-0.2, -0.15) is 0 Å². The van der Waals surface area contributed by atoms with Crippen molar-refractivity contribution in [3.05, 3.63) is 27.9 Å². The summed E-state index contributed by atoms with van der Waals surface area (Å²) >= 11 is 0. The van der Waals surface area contributed by atoms with E-state index in [-0.39, 0.29) is 11.5 Å². The Morgan fingerprint density at radius 1 is 1.48 bits per heavy atom. The van der Waals surface area contributed by atoms with Gasteiger partial charge in [0.05, 0.1) is 4.92 Å². The Morgan fingerprint density at radius 2 is 2.10 bits per heavy atom. The van der Waals surface area contributed by atoms with Gasteiger partial charge in [-0.3, -0.25) is 10.1 Å². The van der Waals surface area contributed by atoms with Gasteiger partial charge in [0.2, 0.25) is 5.82 Å². The Bertz CT molecular complexity index is 565. The van der Waals surface area contributed by atoms with Crippen molar-refractivity contribution in [2.24, 2.45) is 5.92 Å². The third-order valence-electron chi connectivity index (χ3n) is 4.10. The van der Waals surface area contributed by atoms with Gasteiger partial charge >= 0.3 is 11.7 Å². The molecule has 0 unspecified atom stereocenters. The first kappa shape index (κ1) is 15.2. The number of nitrogens with one attached hydrogen (secondary N) is 1. The maximum atomic E-state index is 11.7. The lowest BCUT2D eigenvalue weighted by Gasteiger charge is -2.36. The molecule has 0 aromatic carbocycles. The fourth-order valence-electron chi connectivity index (χ4n) is 2.66. The minimum Gasteiger partial charge on any atom is -0.480 e. The molecule has 2 rings (SSSR count). The number of aryl methyl sites for hydroxylation is 1. The van der Waals surface area contributed by atoms with E-state index in [0.717, 1.165) is 12.8 Å². The molecule has 7 heteroatoms. The van der Waals surface area contributed by atoms with Crippen LogP contribution in [0.5, 0.6) is 0 Å². The number of aliphatic carboxylic acids is 1. The predicted octanol–water partition coefficient (Wildman–Crippen LogP) is 2.74. The van der Waals surface area contributed by atoms with Crippen LogP contribution in [0.1, 0.15) is 38.3 Å². The summed E-state index contributed by atoms with van der Waals surface area (Å²) < 4.78 is 0. The normalized spacial score (nSPS) is 25.3. The lowest BCUT2D eigenvalue weighted by atomic mass is 9.77. The first-order chi connectivity index (χ1) is 9.84. The molecule has 0 atom stereocenters. The van der Waals surface area contributed by atoms with Crippen molar-refractivity contribution in [2.75, 3.05) is 5.32 Å². The molecule has 2 N–H and O–H groups in total. The average Bonchev–Trinajstić information content (AvgIpc) is 2.41. The Hall–Kier alpha value is -2.18. The molecule has 21 heavy (non-hydrogen) atoms. The number of pyridine rings is 1. The van der Waals surface area contributed by atoms with Crippen molar-refractivity contribution < 1.29 is 14.8 Å². The molecule has 7 nitrogen and oxygen atoms in total. The van der Waals surface area contributed by atoms with Crippen molar-refractivity contribution in [1.82, 2.24) is 4.98 Å². The van der Waals surface area contributed by atoms with Crippen LogP contribution in [0.3, 0.4) is 0 Å². The van der Waals surface area contributed by atoms with Gasteiger partial charge < -0.3 is 10.4 Å². The number of nitrogens with zero attached hydrogens (tertiary/aromatic N) is 2. The largest absolute Gasteiger partial charge is 0.480 e. The molecule has 0 spiro atoms. The molecular weight excluding hydrogens is 274 g/mol. The first-order valence-corrected chi connectivity index (χ1v) is 6.98. The quantitative estimate of drug-likeness (QED) is 0.653. The smallest absolute Gasteiger partial charge is 0.329 e. The van der Waals surface area contributed by atoms with E-state index in [4.69, 9.17) is 0 Å². The van der Waals surface area contributed by atoms with Crippen LogP contribution in [0.4, 0.5) is 11.5 Å². The molecule has 1 aromatic heterocycles. The Kier molecular flexibility index (Phi) is 4.11. The molecule has 1 saturated carbocycles. The molecule has 0 amide bonds. The van der Waals surface area contributed by atoms with E-state index >= 15 is 0 Å². The highest BCUT2D eigenvalue weighted by atomic mass is 16.6. The maximum Gasteiger partial charge on any atom is 0.329 e. The minimum absolute atomic E-state index is 0.0388. The number of aromatic nitrogens is 1. The highest BCUT2D eigenvalue weighted by Gasteiger charge is 2.42. The van der Waals surface area contributed by atoms with Crippen molar-refractivity contribution in [2.45, 2.75) is 45.1 Å². The van der Waals surface area contributed by atoms with Gasteiger partial charge in [-0.25, -0.2) is 9.78 Å². The summed E-state index contributed by atoms with van der Waals surface area (Å²) in [6.45, 7) is 3.80. The lowest BCUT2D eigenvalue weighted by Crippen LogP contribution is -2.49. The minimum atomic E-state index is -1.17. The second-order valence-electron chi connectivity index (χ2n) is 5.77. The average molecular weight is 293 g/mol. The van der Waals surface area contributed by atoms with Crippen molar-refractivity contribution in [1.29, 1.82) is 0 Å². The fourth-order valence-corrected chi connectivity index (χ4v) is 2.66. The third kappa shape index (κ3) is 3.12. The van der Waals surface area contributed by atoms with Crippen LogP contribution in [0.15, 0.2) is 12.1 Å². The molecule has 114 valence electrons. The zero-order chi connectivity index (χ0) is 15.6. The van der Waals surface area contributed by atoms with Crippen molar-refractivity contribution >= 4 is 17.5 Å². The second-order valence-corrected chi connectivity index (χ2v) is 5.77. The Labute approximate surface area is 122 Å². The van der Waals surface area contributed by atoms with E-state index in [0.29, 0.717) is 24.5 Å². The summed E-state index contributed by atoms with van der Waals surface area (Å²) in [5.74, 6) is -0.469. The maximum absolute atomic E-state index is 11.7. The molecule has 1 fully saturated rings. The predicted molar refractivity (Wildman–Crippen MR) is 77.2 cm³/mol. The SMILES string of the molecule is Cc1ccc([N+](=O)[O-])c(NC2(C(=O)O)CCC(C)CC2)n1. The van der Waals surface area contributed by atoms with Crippen LogP contribution in [0.25, 0.3) is 0 Å². The molecule has 1 aromatic rings. The number of anilines is 1. The number of carboxylic acids is 1. The molecule has 0 saturated heterocycles. The van der Waals surface area contributed by atoms with Gasteiger partial charge in [0.1, 0.15) is 5.54 Å². The summed E-state index contributed by atoms with van der Waals surface area (Å²) in [4.78, 5) is 26.3. The number of nitro groups is 1. The number of rotatable bonds is 4. The monoisotopic (exact) mass is 293 g/mol. The van der Waals surface area contributed by atoms with Crippen LogP contribution < -0.4 is 5.32 Å². The van der Waals surface area contributed by atoms with Crippen LogP contribution in [0, 0.1) is 23.0 Å². The number of carboxylic acid groups (broad SMARTS) is 1. The summed E-state index contributed by atoms with van der Waals surface area (Å²) in [7, 11) is 0. The van der Waals surface area contributed by atoms with Crippen LogP contribution in [0.2, 0.25) is 0 Å². The molecule has 1 heterocycles. The van der Waals surface area contributed by atoms with Gasteiger partial charge in [0.15, 0.2) is 0 Å². The molecule has 0 radical (unpaired) electrons. The summed E-state index contributed by atoms with van der Waals surface area (Å²) in [6, 6.07) is 2.89. The van der Waals surface area contributed by atoms with E-state index in [9.17, 15) is 20.0 Å². The standard InChI is InChI=1S/C14H19N3O4/c1-9-5-7-14(8-6-9,13(18)19)16-12-11(17(20)21)4-3-10(2)15-12/h3-4,9H,5-8H2,1-2H3,(H,15,16)(H,18,19). The number of carbonyl (C=O) groups is 1. The second kappa shape index (κ2) is 5.67. The first-order valence-electron chi connectivity index (χ1n) is 6.98. The third-order valence-corrected chi connectivity index (χ3v) is 4.10. The van der Waals surface area contributed by atoms with Gasteiger partial charge in [-0.1, -0.05) is 6.92 Å². The number of hydrogen-bond acceptors (Lipinski definition) is 5. The van der Waals surface area contributed by atoms with E-state index in [1.807, 2.05) is 0 Å². The highest BCUT2D eigenvalue weighted by Crippen LogP contribution is 2.36. The molecule has 0 bridgehead atoms. The summed E-state index contributed by atoms with van der Waals surface area (Å²) in [5, 5.41) is 23.5. The van der Waals surface area contributed by atoms with Crippen LogP contribution in [-0.4, -0.2) is 26.5 Å². The van der Waals surface area contributed by atoms with Crippen molar-refractivity contribution in [3.63, 3.8) is 0 Å². The zero-order valence-electron chi connectivity index (χ0n) is 12.1. The highest BCUT2D eigenvalue weighted by molar-refractivity contribution is 5.83. The fraction of sp³-hybridized carbons (Fsp3) is 0.571. The Balaban J connectivity index is 2.36. The van der Waals surface area contributed by atoms with E-state index in [1.54, 1.807) is 13.0 Å². The van der Waals surface area contributed by atoms with Crippen LogP contribution in [-0.2, 0) is 4.79 Å². The number of hydrogen-bond donors (Lipinski definition) is 2. The summed E-state index contributed by atoms with van der Waals surface area (Å²) in [5.41, 5.74) is -0.759. The van der Waals surface area contributed by atoms with Gasteiger partial charge in [0.25, 0.3) is 0 Å². The summed E-state index contributed by atoms with van der Waals surface area (Å²) in [6.07, 6.45) is 2.43.